The summed E-state index contributed by atoms with van der Waals surface area (Å²) in [6.07, 6.45) is 0.900. The van der Waals surface area contributed by atoms with Gasteiger partial charge in [0.1, 0.15) is 0 Å². The van der Waals surface area contributed by atoms with Crippen LogP contribution in [0.4, 0.5) is 4.39 Å². The van der Waals surface area contributed by atoms with E-state index in [9.17, 15) is 9.50 Å². The minimum Gasteiger partial charge on any atom is -0.505 e. The van der Waals surface area contributed by atoms with Crippen LogP contribution in [0.1, 0.15) is 31.7 Å². The van der Waals surface area contributed by atoms with Crippen LogP contribution in [-0.4, -0.2) is 5.11 Å². The van der Waals surface area contributed by atoms with Gasteiger partial charge in [0.05, 0.1) is 0 Å². The van der Waals surface area contributed by atoms with Crippen molar-refractivity contribution in [3.63, 3.8) is 0 Å². The lowest BCUT2D eigenvalue weighted by atomic mass is 9.98. The van der Waals surface area contributed by atoms with Crippen LogP contribution >= 0.6 is 0 Å². The largest absolute Gasteiger partial charge is 0.505 e. The molecule has 1 rings (SSSR count). The van der Waals surface area contributed by atoms with Gasteiger partial charge >= 0.3 is 0 Å². The maximum absolute atomic E-state index is 12.8. The fraction of sp³-hybridized carbons (Fsp3) is 0.400. The molecule has 0 aliphatic rings. The molecule has 66 valence electrons. The zero-order valence-electron chi connectivity index (χ0n) is 7.34. The van der Waals surface area contributed by atoms with E-state index in [1.165, 1.54) is 6.07 Å². The van der Waals surface area contributed by atoms with Crippen molar-refractivity contribution in [1.29, 1.82) is 0 Å². The first-order chi connectivity index (χ1) is 5.66. The van der Waals surface area contributed by atoms with Gasteiger partial charge in [-0.25, -0.2) is 4.39 Å². The predicted molar refractivity (Wildman–Crippen MR) is 46.8 cm³/mol. The third kappa shape index (κ3) is 1.58. The lowest BCUT2D eigenvalue weighted by molar-refractivity contribution is 0.421. The molecule has 0 aliphatic carbocycles. The van der Waals surface area contributed by atoms with Gasteiger partial charge in [-0.1, -0.05) is 26.0 Å². The monoisotopic (exact) mass is 168 g/mol. The van der Waals surface area contributed by atoms with Crippen LogP contribution in [0.2, 0.25) is 0 Å². The first-order valence-electron chi connectivity index (χ1n) is 4.14. The number of rotatable bonds is 2. The maximum Gasteiger partial charge on any atom is 0.165 e. The molecule has 1 atom stereocenters. The fourth-order valence-electron chi connectivity index (χ4n) is 1.15. The number of phenols is 1. The van der Waals surface area contributed by atoms with Gasteiger partial charge in [0, 0.05) is 0 Å². The van der Waals surface area contributed by atoms with E-state index >= 15 is 0 Å². The van der Waals surface area contributed by atoms with Crippen LogP contribution in [0.15, 0.2) is 18.2 Å². The first kappa shape index (κ1) is 9.04. The zero-order valence-corrected chi connectivity index (χ0v) is 7.34. The first-order valence-corrected chi connectivity index (χ1v) is 4.14. The Balaban J connectivity index is 3.07. The molecule has 0 heterocycles. The van der Waals surface area contributed by atoms with Gasteiger partial charge in [-0.3, -0.25) is 0 Å². The summed E-state index contributed by atoms with van der Waals surface area (Å²) in [5, 5.41) is 9.32. The Kier molecular flexibility index (Phi) is 2.69. The highest BCUT2D eigenvalue weighted by molar-refractivity contribution is 5.35. The normalized spacial score (nSPS) is 12.9. The number of para-hydroxylation sites is 1. The topological polar surface area (TPSA) is 20.2 Å². The molecular weight excluding hydrogens is 155 g/mol. The lowest BCUT2D eigenvalue weighted by Gasteiger charge is -2.10. The average molecular weight is 168 g/mol. The Morgan fingerprint density at radius 1 is 1.50 bits per heavy atom. The van der Waals surface area contributed by atoms with E-state index in [1.54, 1.807) is 12.1 Å². The van der Waals surface area contributed by atoms with E-state index < -0.39 is 5.82 Å². The maximum atomic E-state index is 12.8. The molecule has 0 fully saturated rings. The smallest absolute Gasteiger partial charge is 0.165 e. The van der Waals surface area contributed by atoms with E-state index in [4.69, 9.17) is 0 Å². The van der Waals surface area contributed by atoms with Crippen LogP contribution in [0.3, 0.4) is 0 Å². The lowest BCUT2D eigenvalue weighted by Crippen LogP contribution is -1.93. The summed E-state index contributed by atoms with van der Waals surface area (Å²) in [4.78, 5) is 0. The molecule has 1 nitrogen and oxygen atoms in total. The number of hydrogen-bond acceptors (Lipinski definition) is 1. The third-order valence-corrected chi connectivity index (χ3v) is 2.16. The molecule has 0 amide bonds. The number of aromatic hydroxyl groups is 1. The molecule has 0 radical (unpaired) electrons. The van der Waals surface area contributed by atoms with E-state index in [1.807, 2.05) is 13.8 Å². The van der Waals surface area contributed by atoms with Crippen LogP contribution in [0.25, 0.3) is 0 Å². The Labute approximate surface area is 71.9 Å². The summed E-state index contributed by atoms with van der Waals surface area (Å²) in [6.45, 7) is 3.98. The van der Waals surface area contributed by atoms with Crippen molar-refractivity contribution in [2.75, 3.05) is 0 Å². The highest BCUT2D eigenvalue weighted by atomic mass is 19.1. The van der Waals surface area contributed by atoms with Gasteiger partial charge in [-0.15, -0.1) is 0 Å². The second kappa shape index (κ2) is 3.57. The number of benzene rings is 1. The predicted octanol–water partition coefficient (Wildman–Crippen LogP) is 3.04. The molecule has 1 N–H and O–H groups in total. The molecule has 1 aromatic rings. The van der Waals surface area contributed by atoms with Gasteiger partial charge in [-0.05, 0) is 24.0 Å². The van der Waals surface area contributed by atoms with Gasteiger partial charge in [0.25, 0.3) is 0 Å². The molecule has 1 aromatic carbocycles. The van der Waals surface area contributed by atoms with Gasteiger partial charge < -0.3 is 5.11 Å². The van der Waals surface area contributed by atoms with E-state index in [0.29, 0.717) is 5.56 Å². The molecule has 0 aliphatic heterocycles. The Morgan fingerprint density at radius 3 is 2.75 bits per heavy atom. The van der Waals surface area contributed by atoms with Crippen molar-refractivity contribution in [3.8, 4) is 5.75 Å². The number of hydrogen-bond donors (Lipinski definition) is 1. The second-order valence-electron chi connectivity index (χ2n) is 2.99. The van der Waals surface area contributed by atoms with E-state index in [2.05, 4.69) is 0 Å². The molecule has 2 heteroatoms. The molecule has 0 bridgehead atoms. The van der Waals surface area contributed by atoms with E-state index in [-0.39, 0.29) is 11.7 Å². The average Bonchev–Trinajstić information content (AvgIpc) is 2.08. The molecule has 12 heavy (non-hydrogen) atoms. The molecule has 0 saturated carbocycles. The molecule has 1 unspecified atom stereocenters. The molecule has 0 saturated heterocycles. The zero-order chi connectivity index (χ0) is 9.14. The highest BCUT2D eigenvalue weighted by Crippen LogP contribution is 2.29. The van der Waals surface area contributed by atoms with Gasteiger partial charge in [0.2, 0.25) is 0 Å². The summed E-state index contributed by atoms with van der Waals surface area (Å²) < 4.78 is 12.8. The quantitative estimate of drug-likeness (QED) is 0.719. The van der Waals surface area contributed by atoms with Crippen molar-refractivity contribution in [2.45, 2.75) is 26.2 Å². The third-order valence-electron chi connectivity index (χ3n) is 2.16. The minimum atomic E-state index is -0.534. The van der Waals surface area contributed by atoms with Crippen molar-refractivity contribution in [3.05, 3.63) is 29.6 Å². The summed E-state index contributed by atoms with van der Waals surface area (Å²) in [6, 6.07) is 4.64. The fourth-order valence-corrected chi connectivity index (χ4v) is 1.15. The SMILES string of the molecule is CCC(C)c1cccc(F)c1O. The molecule has 0 aromatic heterocycles. The second-order valence-corrected chi connectivity index (χ2v) is 2.99. The van der Waals surface area contributed by atoms with Crippen molar-refractivity contribution in [1.82, 2.24) is 0 Å². The van der Waals surface area contributed by atoms with Crippen molar-refractivity contribution >= 4 is 0 Å². The summed E-state index contributed by atoms with van der Waals surface area (Å²) >= 11 is 0. The van der Waals surface area contributed by atoms with Crippen LogP contribution in [-0.2, 0) is 0 Å². The van der Waals surface area contributed by atoms with E-state index in [0.717, 1.165) is 6.42 Å². The minimum absolute atomic E-state index is 0.202. The Morgan fingerprint density at radius 2 is 2.17 bits per heavy atom. The standard InChI is InChI=1S/C10H13FO/c1-3-7(2)8-5-4-6-9(11)10(8)12/h4-7,12H,3H2,1-2H3. The Hall–Kier alpha value is -1.05. The van der Waals surface area contributed by atoms with Gasteiger partial charge in [0.15, 0.2) is 11.6 Å². The van der Waals surface area contributed by atoms with Crippen molar-refractivity contribution in [2.24, 2.45) is 0 Å². The molecular formula is C10H13FO. The van der Waals surface area contributed by atoms with Gasteiger partial charge in [-0.2, -0.15) is 0 Å². The highest BCUT2D eigenvalue weighted by Gasteiger charge is 2.10. The number of phenolic OH excluding ortho intramolecular Hbond substituents is 1. The Bertz CT molecular complexity index is 271. The summed E-state index contributed by atoms with van der Waals surface area (Å²) in [5.74, 6) is -0.527. The summed E-state index contributed by atoms with van der Waals surface area (Å²) in [5.41, 5.74) is 0.692. The summed E-state index contributed by atoms with van der Waals surface area (Å²) in [7, 11) is 0. The van der Waals surface area contributed by atoms with Crippen LogP contribution in [0.5, 0.6) is 5.75 Å². The van der Waals surface area contributed by atoms with Crippen LogP contribution < -0.4 is 0 Å². The molecule has 0 spiro atoms. The van der Waals surface area contributed by atoms with Crippen LogP contribution in [0, 0.1) is 5.82 Å². The van der Waals surface area contributed by atoms with Crippen molar-refractivity contribution < 1.29 is 9.50 Å². The number of halogens is 1.